The Morgan fingerprint density at radius 2 is 2.00 bits per heavy atom. The molecule has 0 saturated heterocycles. The van der Waals surface area contributed by atoms with Crippen LogP contribution in [0.25, 0.3) is 11.0 Å². The molecule has 0 bridgehead atoms. The van der Waals surface area contributed by atoms with Gasteiger partial charge in [0, 0.05) is 23.5 Å². The third-order valence-electron chi connectivity index (χ3n) is 5.67. The van der Waals surface area contributed by atoms with Gasteiger partial charge in [0.1, 0.15) is 28.2 Å². The predicted molar refractivity (Wildman–Crippen MR) is 138 cm³/mol. The lowest BCUT2D eigenvalue weighted by Gasteiger charge is -2.22. The van der Waals surface area contributed by atoms with Crippen LogP contribution in [0.4, 0.5) is 5.95 Å². The first-order valence-corrected chi connectivity index (χ1v) is 12.0. The van der Waals surface area contributed by atoms with E-state index in [1.165, 1.54) is 0 Å². The summed E-state index contributed by atoms with van der Waals surface area (Å²) in [6.45, 7) is 12.5. The molecule has 3 aromatic heterocycles. The molecule has 0 unspecified atom stereocenters. The van der Waals surface area contributed by atoms with Crippen molar-refractivity contribution in [3.63, 3.8) is 0 Å². The predicted octanol–water partition coefficient (Wildman–Crippen LogP) is 3.99. The zero-order valence-electron chi connectivity index (χ0n) is 21.5. The maximum absolute atomic E-state index is 12.2. The first kappa shape index (κ1) is 26.7. The quantitative estimate of drug-likeness (QED) is 0.256. The molecule has 0 aliphatic carbocycles. The van der Waals surface area contributed by atoms with E-state index < -0.39 is 11.6 Å². The van der Waals surface area contributed by atoms with E-state index in [1.807, 2.05) is 51.6 Å². The third kappa shape index (κ3) is 6.41. The molecule has 0 saturated carbocycles. The van der Waals surface area contributed by atoms with Crippen molar-refractivity contribution in [2.24, 2.45) is 0 Å². The fraction of sp³-hybridized carbons (Fsp3) is 0.520. The molecule has 3 heterocycles. The number of rotatable bonds is 9. The van der Waals surface area contributed by atoms with E-state index in [0.29, 0.717) is 30.3 Å². The van der Waals surface area contributed by atoms with E-state index >= 15 is 0 Å². The van der Waals surface area contributed by atoms with Crippen LogP contribution in [-0.4, -0.2) is 50.8 Å². The average molecular weight is 503 g/mol. The summed E-state index contributed by atoms with van der Waals surface area (Å²) < 4.78 is 13.0. The number of methoxy groups -OCH3 is 1. The van der Waals surface area contributed by atoms with Gasteiger partial charge in [-0.3, -0.25) is 9.78 Å². The highest BCUT2D eigenvalue weighted by Crippen LogP contribution is 2.30. The number of nitrogens with zero attached hydrogens (tertiary/aromatic N) is 4. The highest BCUT2D eigenvalue weighted by atomic mass is 35.5. The standard InChI is InChI=1S/C25H35ClN6O3/c1-14-11-29-18(15(2)20(14)34-7)13-32-12-17(19-21(26)30-24(27)31-22(19)32)9-8-10-28-16(3)23(33)35-25(4,5)6/h11-12,16,28H,8-10,13H2,1-7H3,(H2,27,30,31)/t16-/m0/s1. The zero-order chi connectivity index (χ0) is 25.9. The normalized spacial score (nSPS) is 12.7. The SMILES string of the molecule is COc1c(C)cnc(Cn2cc(CCCN[C@@H](C)C(=O)OC(C)(C)C)c3c(Cl)nc(N)nc32)c1C. The van der Waals surface area contributed by atoms with Crippen LogP contribution in [0, 0.1) is 13.8 Å². The van der Waals surface area contributed by atoms with E-state index in [4.69, 9.17) is 26.8 Å². The van der Waals surface area contributed by atoms with Crippen molar-refractivity contribution >= 4 is 34.6 Å². The Bertz CT molecular complexity index is 1220. The number of carbonyl (C=O) groups is 1. The van der Waals surface area contributed by atoms with E-state index in [1.54, 1.807) is 14.0 Å². The highest BCUT2D eigenvalue weighted by Gasteiger charge is 2.22. The van der Waals surface area contributed by atoms with Gasteiger partial charge in [-0.25, -0.2) is 4.98 Å². The maximum atomic E-state index is 12.2. The number of nitrogen functional groups attached to an aromatic ring is 1. The number of nitrogens with one attached hydrogen (secondary N) is 1. The minimum atomic E-state index is -0.512. The van der Waals surface area contributed by atoms with Crippen LogP contribution in [0.5, 0.6) is 5.75 Å². The highest BCUT2D eigenvalue weighted by molar-refractivity contribution is 6.34. The number of carbonyl (C=O) groups excluding carboxylic acids is 1. The average Bonchev–Trinajstić information content (AvgIpc) is 3.09. The molecular weight excluding hydrogens is 468 g/mol. The largest absolute Gasteiger partial charge is 0.496 e. The first-order chi connectivity index (χ1) is 16.4. The molecule has 0 spiro atoms. The summed E-state index contributed by atoms with van der Waals surface area (Å²) in [4.78, 5) is 25.4. The Morgan fingerprint density at radius 3 is 2.66 bits per heavy atom. The molecule has 0 fully saturated rings. The minimum Gasteiger partial charge on any atom is -0.496 e. The molecule has 1 atom stereocenters. The van der Waals surface area contributed by atoms with Crippen molar-refractivity contribution in [2.75, 3.05) is 19.4 Å². The molecule has 9 nitrogen and oxygen atoms in total. The van der Waals surface area contributed by atoms with E-state index in [-0.39, 0.29) is 11.9 Å². The summed E-state index contributed by atoms with van der Waals surface area (Å²) >= 11 is 6.49. The van der Waals surface area contributed by atoms with Crippen molar-refractivity contribution in [1.82, 2.24) is 24.8 Å². The maximum Gasteiger partial charge on any atom is 0.323 e. The molecule has 0 aliphatic heterocycles. The van der Waals surface area contributed by atoms with Crippen LogP contribution in [0.3, 0.4) is 0 Å². The van der Waals surface area contributed by atoms with Gasteiger partial charge in [0.15, 0.2) is 0 Å². The topological polar surface area (TPSA) is 117 Å². The fourth-order valence-electron chi connectivity index (χ4n) is 4.01. The molecule has 3 N–H and O–H groups in total. The van der Waals surface area contributed by atoms with Gasteiger partial charge in [-0.2, -0.15) is 4.98 Å². The number of esters is 1. The lowest BCUT2D eigenvalue weighted by molar-refractivity contribution is -0.156. The van der Waals surface area contributed by atoms with E-state index in [0.717, 1.165) is 39.9 Å². The molecule has 3 aromatic rings. The zero-order valence-corrected chi connectivity index (χ0v) is 22.3. The van der Waals surface area contributed by atoms with Crippen molar-refractivity contribution in [3.05, 3.63) is 39.9 Å². The number of nitrogens with two attached hydrogens (primary N) is 1. The molecule has 0 aliphatic rings. The first-order valence-electron chi connectivity index (χ1n) is 11.7. The molecule has 0 amide bonds. The summed E-state index contributed by atoms with van der Waals surface area (Å²) in [5.74, 6) is 0.675. The Labute approximate surface area is 211 Å². The summed E-state index contributed by atoms with van der Waals surface area (Å²) in [6.07, 6.45) is 5.33. The van der Waals surface area contributed by atoms with Gasteiger partial charge < -0.3 is 25.1 Å². The molecule has 190 valence electrons. The van der Waals surface area contributed by atoms with Crippen LogP contribution in [0.15, 0.2) is 12.4 Å². The second-order valence-electron chi connectivity index (χ2n) is 9.71. The number of fused-ring (bicyclic) bond motifs is 1. The van der Waals surface area contributed by atoms with E-state index in [9.17, 15) is 4.79 Å². The van der Waals surface area contributed by atoms with Gasteiger partial charge in [0.2, 0.25) is 5.95 Å². The molecular formula is C25H35ClN6O3. The number of ether oxygens (including phenoxy) is 2. The number of aromatic nitrogens is 4. The van der Waals surface area contributed by atoms with Crippen LogP contribution in [-0.2, 0) is 22.5 Å². The summed E-state index contributed by atoms with van der Waals surface area (Å²) in [5.41, 5.74) is 9.90. The Hall–Kier alpha value is -2.91. The monoisotopic (exact) mass is 502 g/mol. The fourth-order valence-corrected chi connectivity index (χ4v) is 4.30. The number of anilines is 1. The molecule has 0 aromatic carbocycles. The summed E-state index contributed by atoms with van der Waals surface area (Å²) in [6, 6.07) is -0.396. The Kier molecular flexibility index (Phi) is 8.22. The van der Waals surface area contributed by atoms with Gasteiger partial charge in [-0.05, 0) is 66.5 Å². The Balaban J connectivity index is 1.79. The van der Waals surface area contributed by atoms with Crippen molar-refractivity contribution in [2.45, 2.75) is 72.6 Å². The third-order valence-corrected chi connectivity index (χ3v) is 5.95. The lowest BCUT2D eigenvalue weighted by atomic mass is 10.1. The lowest BCUT2D eigenvalue weighted by Crippen LogP contribution is -2.39. The van der Waals surface area contributed by atoms with Crippen molar-refractivity contribution in [1.29, 1.82) is 0 Å². The van der Waals surface area contributed by atoms with Gasteiger partial charge in [0.25, 0.3) is 0 Å². The van der Waals surface area contributed by atoms with Gasteiger partial charge in [-0.1, -0.05) is 11.6 Å². The van der Waals surface area contributed by atoms with Gasteiger partial charge >= 0.3 is 5.97 Å². The molecule has 10 heteroatoms. The van der Waals surface area contributed by atoms with Crippen LogP contribution in [0.2, 0.25) is 5.15 Å². The second-order valence-corrected chi connectivity index (χ2v) is 10.1. The number of aryl methyl sites for hydroxylation is 2. The second kappa shape index (κ2) is 10.8. The van der Waals surface area contributed by atoms with Crippen LogP contribution < -0.4 is 15.8 Å². The van der Waals surface area contributed by atoms with Gasteiger partial charge in [-0.15, -0.1) is 0 Å². The van der Waals surface area contributed by atoms with Crippen molar-refractivity contribution < 1.29 is 14.3 Å². The summed E-state index contributed by atoms with van der Waals surface area (Å²) in [7, 11) is 1.66. The number of hydrogen-bond acceptors (Lipinski definition) is 8. The van der Waals surface area contributed by atoms with Crippen LogP contribution in [0.1, 0.15) is 56.5 Å². The molecule has 35 heavy (non-hydrogen) atoms. The number of halogens is 1. The smallest absolute Gasteiger partial charge is 0.323 e. The van der Waals surface area contributed by atoms with Crippen molar-refractivity contribution in [3.8, 4) is 5.75 Å². The molecule has 3 rings (SSSR count). The summed E-state index contributed by atoms with van der Waals surface area (Å²) in [5, 5.41) is 4.33. The number of pyridine rings is 1. The minimum absolute atomic E-state index is 0.118. The van der Waals surface area contributed by atoms with E-state index in [2.05, 4.69) is 20.3 Å². The number of hydrogen-bond donors (Lipinski definition) is 2. The molecule has 0 radical (unpaired) electrons. The van der Waals surface area contributed by atoms with Gasteiger partial charge in [0.05, 0.1) is 24.7 Å². The Morgan fingerprint density at radius 1 is 1.29 bits per heavy atom. The van der Waals surface area contributed by atoms with Crippen LogP contribution >= 0.6 is 11.6 Å².